The number of hydrogen-bond donors (Lipinski definition) is 0. The van der Waals surface area contributed by atoms with Crippen molar-refractivity contribution in [3.05, 3.63) is 81.8 Å². The molecule has 0 fully saturated rings. The van der Waals surface area contributed by atoms with Gasteiger partial charge in [-0.25, -0.2) is 8.42 Å². The van der Waals surface area contributed by atoms with E-state index in [-0.39, 0.29) is 26.4 Å². The van der Waals surface area contributed by atoms with Crippen molar-refractivity contribution in [3.63, 3.8) is 0 Å². The number of carbonyl (C=O) groups excluding carboxylic acids is 1. The molecule has 0 aliphatic rings. The number of ether oxygens (including phenoxy) is 2. The van der Waals surface area contributed by atoms with Crippen molar-refractivity contribution in [2.45, 2.75) is 4.90 Å². The number of sulfonamides is 1. The molecule has 0 saturated carbocycles. The first-order chi connectivity index (χ1) is 14.7. The van der Waals surface area contributed by atoms with Crippen molar-refractivity contribution >= 4 is 56.4 Å². The Kier molecular flexibility index (Phi) is 7.33. The minimum Gasteiger partial charge on any atom is -0.495 e. The molecule has 0 radical (unpaired) electrons. The average molecular weight is 501 g/mol. The molecule has 0 atom stereocenters. The van der Waals surface area contributed by atoms with Crippen molar-refractivity contribution in [2.75, 3.05) is 18.0 Å². The van der Waals surface area contributed by atoms with Crippen molar-refractivity contribution in [3.8, 4) is 11.5 Å². The number of benzene rings is 3. The predicted molar refractivity (Wildman–Crippen MR) is 121 cm³/mol. The number of hydrogen-bond acceptors (Lipinski definition) is 5. The summed E-state index contributed by atoms with van der Waals surface area (Å²) in [6, 6.07) is 16.2. The van der Waals surface area contributed by atoms with Crippen molar-refractivity contribution in [1.82, 2.24) is 0 Å². The molecular weight excluding hydrogens is 485 g/mol. The summed E-state index contributed by atoms with van der Waals surface area (Å²) in [4.78, 5) is 13.0. The number of carbonyl (C=O) groups is 1. The fraction of sp³-hybridized carbons (Fsp3) is 0.0952. The first-order valence-electron chi connectivity index (χ1n) is 8.78. The quantitative estimate of drug-likeness (QED) is 0.431. The van der Waals surface area contributed by atoms with Gasteiger partial charge in [0.2, 0.25) is 0 Å². The van der Waals surface area contributed by atoms with Crippen LogP contribution in [0, 0.1) is 0 Å². The molecule has 0 bridgehead atoms. The van der Waals surface area contributed by atoms with Gasteiger partial charge in [0.15, 0.2) is 6.61 Å². The summed E-state index contributed by atoms with van der Waals surface area (Å²) in [6.07, 6.45) is 0. The number of halogens is 3. The largest absolute Gasteiger partial charge is 0.495 e. The highest BCUT2D eigenvalue weighted by Crippen LogP contribution is 2.33. The van der Waals surface area contributed by atoms with Crippen LogP contribution in [0.4, 0.5) is 5.69 Å². The molecule has 0 heterocycles. The van der Waals surface area contributed by atoms with Crippen LogP contribution in [-0.4, -0.2) is 28.0 Å². The van der Waals surface area contributed by atoms with Crippen molar-refractivity contribution in [2.24, 2.45) is 0 Å². The molecule has 0 unspecified atom stereocenters. The second-order valence-electron chi connectivity index (χ2n) is 6.16. The Bertz CT molecular complexity index is 1200. The topological polar surface area (TPSA) is 72.9 Å². The van der Waals surface area contributed by atoms with Gasteiger partial charge in [0, 0.05) is 5.02 Å². The van der Waals surface area contributed by atoms with E-state index in [1.165, 1.54) is 55.6 Å². The van der Waals surface area contributed by atoms with Gasteiger partial charge in [0.1, 0.15) is 11.5 Å². The zero-order chi connectivity index (χ0) is 22.6. The monoisotopic (exact) mass is 499 g/mol. The van der Waals surface area contributed by atoms with E-state index in [0.717, 1.165) is 0 Å². The van der Waals surface area contributed by atoms with Crippen LogP contribution >= 0.6 is 34.8 Å². The Hall–Kier alpha value is -2.45. The Balaban J connectivity index is 1.99. The fourth-order valence-electron chi connectivity index (χ4n) is 2.69. The first kappa shape index (κ1) is 23.2. The molecular formula is C21H16Cl3NO5S. The van der Waals surface area contributed by atoms with Gasteiger partial charge in [-0.15, -0.1) is 0 Å². The second-order valence-corrected chi connectivity index (χ2v) is 9.20. The van der Waals surface area contributed by atoms with Crippen LogP contribution < -0.4 is 13.8 Å². The Morgan fingerprint density at radius 1 is 0.903 bits per heavy atom. The fourth-order valence-corrected chi connectivity index (χ4v) is 4.83. The molecule has 31 heavy (non-hydrogen) atoms. The molecule has 1 amide bonds. The molecule has 3 aromatic carbocycles. The van der Waals surface area contributed by atoms with E-state index in [1.807, 2.05) is 0 Å². The second kappa shape index (κ2) is 9.78. The molecule has 0 saturated heterocycles. The number of rotatable bonds is 7. The third-order valence-corrected chi connectivity index (χ3v) is 6.71. The smallest absolute Gasteiger partial charge is 0.278 e. The lowest BCUT2D eigenvalue weighted by molar-refractivity contribution is -0.119. The Labute approximate surface area is 194 Å². The molecule has 0 aromatic heterocycles. The highest BCUT2D eigenvalue weighted by molar-refractivity contribution is 7.93. The van der Waals surface area contributed by atoms with Crippen LogP contribution in [0.15, 0.2) is 71.6 Å². The van der Waals surface area contributed by atoms with Crippen LogP contribution in [0.1, 0.15) is 0 Å². The van der Waals surface area contributed by atoms with E-state index < -0.39 is 22.5 Å². The normalized spacial score (nSPS) is 11.1. The van der Waals surface area contributed by atoms with Gasteiger partial charge in [0.05, 0.1) is 27.7 Å². The third-order valence-electron chi connectivity index (χ3n) is 4.12. The van der Waals surface area contributed by atoms with E-state index in [1.54, 1.807) is 18.2 Å². The van der Waals surface area contributed by atoms with Gasteiger partial charge in [0.25, 0.3) is 15.9 Å². The average Bonchev–Trinajstić information content (AvgIpc) is 2.74. The van der Waals surface area contributed by atoms with Crippen molar-refractivity contribution in [1.29, 1.82) is 0 Å². The molecule has 6 nitrogen and oxygen atoms in total. The lowest BCUT2D eigenvalue weighted by Gasteiger charge is -2.23. The summed E-state index contributed by atoms with van der Waals surface area (Å²) >= 11 is 18.1. The van der Waals surface area contributed by atoms with E-state index >= 15 is 0 Å². The van der Waals surface area contributed by atoms with Crippen LogP contribution in [0.3, 0.4) is 0 Å². The standard InChI is InChI=1S/C21H16Cl3NO5S/c1-29-19-10-8-15(12-18(19)24)25(31(27,28)16-5-3-2-4-6-16)21(26)13-30-20-9-7-14(22)11-17(20)23/h2-12H,13H2,1H3. The lowest BCUT2D eigenvalue weighted by Crippen LogP contribution is -2.40. The molecule has 3 aromatic rings. The minimum absolute atomic E-state index is 0.0328. The minimum atomic E-state index is -4.26. The molecule has 0 aliphatic heterocycles. The number of nitrogens with zero attached hydrogens (tertiary/aromatic N) is 1. The zero-order valence-corrected chi connectivity index (χ0v) is 19.2. The molecule has 0 spiro atoms. The van der Waals surface area contributed by atoms with Crippen molar-refractivity contribution < 1.29 is 22.7 Å². The van der Waals surface area contributed by atoms with Gasteiger partial charge in [-0.2, -0.15) is 4.31 Å². The highest BCUT2D eigenvalue weighted by atomic mass is 35.5. The SMILES string of the molecule is COc1ccc(N(C(=O)COc2ccc(Cl)cc2Cl)S(=O)(=O)c2ccccc2)cc1Cl. The Morgan fingerprint density at radius 3 is 2.16 bits per heavy atom. The third kappa shape index (κ3) is 5.25. The predicted octanol–water partition coefficient (Wildman–Crippen LogP) is 5.46. The summed E-state index contributed by atoms with van der Waals surface area (Å²) in [5.74, 6) is -0.334. The van der Waals surface area contributed by atoms with Gasteiger partial charge >= 0.3 is 0 Å². The van der Waals surface area contributed by atoms with E-state index in [2.05, 4.69) is 0 Å². The molecule has 10 heteroatoms. The number of amides is 1. The summed E-state index contributed by atoms with van der Waals surface area (Å²) in [7, 11) is -2.84. The van der Waals surface area contributed by atoms with Gasteiger partial charge in [-0.1, -0.05) is 53.0 Å². The summed E-state index contributed by atoms with van der Waals surface area (Å²) in [6.45, 7) is -0.600. The Morgan fingerprint density at radius 2 is 1.55 bits per heavy atom. The summed E-state index contributed by atoms with van der Waals surface area (Å²) < 4.78 is 37.8. The number of anilines is 1. The summed E-state index contributed by atoms with van der Waals surface area (Å²) in [5.41, 5.74) is 0.0328. The maximum Gasteiger partial charge on any atom is 0.278 e. The van der Waals surface area contributed by atoms with Crippen LogP contribution in [0.25, 0.3) is 0 Å². The maximum absolute atomic E-state index is 13.3. The molecule has 0 aliphatic carbocycles. The van der Waals surface area contributed by atoms with Gasteiger partial charge in [-0.05, 0) is 48.5 Å². The van der Waals surface area contributed by atoms with Crippen LogP contribution in [-0.2, 0) is 14.8 Å². The van der Waals surface area contributed by atoms with Gasteiger partial charge < -0.3 is 9.47 Å². The molecule has 3 rings (SSSR count). The molecule has 162 valence electrons. The maximum atomic E-state index is 13.3. The van der Waals surface area contributed by atoms with Gasteiger partial charge in [-0.3, -0.25) is 4.79 Å². The van der Waals surface area contributed by atoms with E-state index in [0.29, 0.717) is 15.1 Å². The number of methoxy groups -OCH3 is 1. The molecule has 0 N–H and O–H groups in total. The first-order valence-corrected chi connectivity index (χ1v) is 11.4. The van der Waals surface area contributed by atoms with E-state index in [4.69, 9.17) is 44.3 Å². The lowest BCUT2D eigenvalue weighted by atomic mass is 10.3. The van der Waals surface area contributed by atoms with E-state index in [9.17, 15) is 13.2 Å². The summed E-state index contributed by atoms with van der Waals surface area (Å²) in [5, 5.41) is 0.720. The highest BCUT2D eigenvalue weighted by Gasteiger charge is 2.32. The van der Waals surface area contributed by atoms with Crippen LogP contribution in [0.2, 0.25) is 15.1 Å². The van der Waals surface area contributed by atoms with Crippen LogP contribution in [0.5, 0.6) is 11.5 Å². The zero-order valence-electron chi connectivity index (χ0n) is 16.1.